The standard InChI is InChI=1S/C13H11FN2O2/c14-7-1-2-8-11(5-7)16-10-3-4-15-6-9(10)12(8)13(17)18/h1-2,5,15H,3-4,6H2,(H,17,18). The molecule has 4 nitrogen and oxygen atoms in total. The predicted molar refractivity (Wildman–Crippen MR) is 64.1 cm³/mol. The summed E-state index contributed by atoms with van der Waals surface area (Å²) in [5.41, 5.74) is 2.12. The third kappa shape index (κ3) is 1.64. The number of carboxylic acid groups (broad SMARTS) is 1. The maximum absolute atomic E-state index is 13.2. The van der Waals surface area contributed by atoms with Gasteiger partial charge in [-0.2, -0.15) is 0 Å². The number of pyridine rings is 1. The summed E-state index contributed by atoms with van der Waals surface area (Å²) in [6, 6.07) is 4.03. The number of aromatic nitrogens is 1. The van der Waals surface area contributed by atoms with Crippen molar-refractivity contribution in [2.75, 3.05) is 6.54 Å². The van der Waals surface area contributed by atoms with Gasteiger partial charge in [-0.25, -0.2) is 9.18 Å². The quantitative estimate of drug-likeness (QED) is 0.804. The van der Waals surface area contributed by atoms with Crippen molar-refractivity contribution in [3.8, 4) is 0 Å². The van der Waals surface area contributed by atoms with E-state index in [0.29, 0.717) is 29.4 Å². The molecule has 5 heteroatoms. The zero-order chi connectivity index (χ0) is 12.7. The summed E-state index contributed by atoms with van der Waals surface area (Å²) in [5, 5.41) is 13.0. The molecule has 2 N–H and O–H groups in total. The Morgan fingerprint density at radius 2 is 2.28 bits per heavy atom. The van der Waals surface area contributed by atoms with E-state index >= 15 is 0 Å². The first kappa shape index (κ1) is 11.1. The Hall–Kier alpha value is -2.01. The monoisotopic (exact) mass is 246 g/mol. The second-order valence-electron chi connectivity index (χ2n) is 4.31. The van der Waals surface area contributed by atoms with Gasteiger partial charge in [-0.15, -0.1) is 0 Å². The molecule has 1 aliphatic rings. The summed E-state index contributed by atoms with van der Waals surface area (Å²) in [4.78, 5) is 15.8. The number of fused-ring (bicyclic) bond motifs is 2. The largest absolute Gasteiger partial charge is 0.478 e. The molecule has 0 atom stereocenters. The first-order chi connectivity index (χ1) is 8.66. The number of benzene rings is 1. The van der Waals surface area contributed by atoms with E-state index in [1.165, 1.54) is 18.2 Å². The number of halogens is 1. The van der Waals surface area contributed by atoms with Crippen LogP contribution in [0.4, 0.5) is 4.39 Å². The molecular formula is C13H11FN2O2. The lowest BCUT2D eigenvalue weighted by Crippen LogP contribution is -2.27. The van der Waals surface area contributed by atoms with Crippen LogP contribution in [-0.4, -0.2) is 22.6 Å². The van der Waals surface area contributed by atoms with Crippen LogP contribution in [0.2, 0.25) is 0 Å². The Kier molecular flexibility index (Phi) is 2.48. The van der Waals surface area contributed by atoms with Crippen LogP contribution in [0, 0.1) is 5.82 Å². The van der Waals surface area contributed by atoms with Gasteiger partial charge in [-0.3, -0.25) is 4.98 Å². The van der Waals surface area contributed by atoms with Gasteiger partial charge >= 0.3 is 5.97 Å². The Labute approximate surface area is 102 Å². The summed E-state index contributed by atoms with van der Waals surface area (Å²) in [7, 11) is 0. The maximum Gasteiger partial charge on any atom is 0.336 e. The molecule has 0 radical (unpaired) electrons. The molecule has 18 heavy (non-hydrogen) atoms. The molecule has 3 rings (SSSR count). The summed E-state index contributed by atoms with van der Waals surface area (Å²) >= 11 is 0. The molecule has 0 amide bonds. The first-order valence-electron chi connectivity index (χ1n) is 5.72. The molecule has 1 aliphatic heterocycles. The van der Waals surface area contributed by atoms with E-state index in [4.69, 9.17) is 0 Å². The average molecular weight is 246 g/mol. The lowest BCUT2D eigenvalue weighted by molar-refractivity contribution is 0.0697. The highest BCUT2D eigenvalue weighted by atomic mass is 19.1. The van der Waals surface area contributed by atoms with Gasteiger partial charge in [0.15, 0.2) is 0 Å². The molecule has 1 aromatic carbocycles. The second-order valence-corrected chi connectivity index (χ2v) is 4.31. The third-order valence-corrected chi connectivity index (χ3v) is 3.19. The van der Waals surface area contributed by atoms with Crippen molar-refractivity contribution in [3.05, 3.63) is 40.8 Å². The normalized spacial score (nSPS) is 14.5. The summed E-state index contributed by atoms with van der Waals surface area (Å²) < 4.78 is 13.2. The second kappa shape index (κ2) is 4.03. The van der Waals surface area contributed by atoms with E-state index in [2.05, 4.69) is 10.3 Å². The number of rotatable bonds is 1. The zero-order valence-corrected chi connectivity index (χ0v) is 9.53. The van der Waals surface area contributed by atoms with E-state index < -0.39 is 11.8 Å². The number of hydrogen-bond donors (Lipinski definition) is 2. The van der Waals surface area contributed by atoms with E-state index in [0.717, 1.165) is 12.2 Å². The first-order valence-corrected chi connectivity index (χ1v) is 5.72. The number of hydrogen-bond acceptors (Lipinski definition) is 3. The van der Waals surface area contributed by atoms with Gasteiger partial charge in [-0.05, 0) is 12.1 Å². The molecule has 0 unspecified atom stereocenters. The lowest BCUT2D eigenvalue weighted by Gasteiger charge is -2.19. The molecule has 92 valence electrons. The van der Waals surface area contributed by atoms with Crippen LogP contribution in [0.5, 0.6) is 0 Å². The highest BCUT2D eigenvalue weighted by molar-refractivity contribution is 6.04. The van der Waals surface area contributed by atoms with Crippen LogP contribution in [-0.2, 0) is 13.0 Å². The molecule has 0 saturated carbocycles. The number of carboxylic acids is 1. The third-order valence-electron chi connectivity index (χ3n) is 3.19. The zero-order valence-electron chi connectivity index (χ0n) is 9.53. The van der Waals surface area contributed by atoms with Crippen LogP contribution >= 0.6 is 0 Å². The van der Waals surface area contributed by atoms with Crippen LogP contribution < -0.4 is 5.32 Å². The van der Waals surface area contributed by atoms with Crippen LogP contribution in [0.25, 0.3) is 10.9 Å². The van der Waals surface area contributed by atoms with Crippen molar-refractivity contribution in [3.63, 3.8) is 0 Å². The van der Waals surface area contributed by atoms with Gasteiger partial charge in [0.05, 0.1) is 11.1 Å². The molecule has 0 bridgehead atoms. The molecular weight excluding hydrogens is 235 g/mol. The van der Waals surface area contributed by atoms with Gasteiger partial charge < -0.3 is 10.4 Å². The van der Waals surface area contributed by atoms with E-state index in [1.54, 1.807) is 0 Å². The fraction of sp³-hybridized carbons (Fsp3) is 0.231. The van der Waals surface area contributed by atoms with Crippen molar-refractivity contribution in [2.24, 2.45) is 0 Å². The number of aromatic carboxylic acids is 1. The van der Waals surface area contributed by atoms with Gasteiger partial charge in [0.25, 0.3) is 0 Å². The number of carbonyl (C=O) groups is 1. The van der Waals surface area contributed by atoms with Gasteiger partial charge in [-0.1, -0.05) is 0 Å². The lowest BCUT2D eigenvalue weighted by atomic mass is 9.97. The van der Waals surface area contributed by atoms with Crippen molar-refractivity contribution in [1.82, 2.24) is 10.3 Å². The highest BCUT2D eigenvalue weighted by Gasteiger charge is 2.22. The van der Waals surface area contributed by atoms with Gasteiger partial charge in [0, 0.05) is 42.2 Å². The Morgan fingerprint density at radius 1 is 1.44 bits per heavy atom. The van der Waals surface area contributed by atoms with Crippen molar-refractivity contribution >= 4 is 16.9 Å². The van der Waals surface area contributed by atoms with E-state index in [1.807, 2.05) is 0 Å². The SMILES string of the molecule is O=C(O)c1c2c(nc3cc(F)ccc13)CCNC2. The van der Waals surface area contributed by atoms with Crippen molar-refractivity contribution in [2.45, 2.75) is 13.0 Å². The van der Waals surface area contributed by atoms with Crippen LogP contribution in [0.1, 0.15) is 21.6 Å². The summed E-state index contributed by atoms with van der Waals surface area (Å²) in [5.74, 6) is -1.39. The topological polar surface area (TPSA) is 62.2 Å². The molecule has 0 aliphatic carbocycles. The Balaban J connectivity index is 2.40. The molecule has 2 heterocycles. The van der Waals surface area contributed by atoms with Crippen molar-refractivity contribution < 1.29 is 14.3 Å². The van der Waals surface area contributed by atoms with Crippen LogP contribution in [0.3, 0.4) is 0 Å². The molecule has 2 aromatic rings. The summed E-state index contributed by atoms with van der Waals surface area (Å²) in [6.07, 6.45) is 0.669. The van der Waals surface area contributed by atoms with E-state index in [9.17, 15) is 14.3 Å². The number of nitrogens with zero attached hydrogens (tertiary/aromatic N) is 1. The molecule has 0 fully saturated rings. The minimum absolute atomic E-state index is 0.238. The predicted octanol–water partition coefficient (Wildman–Crippen LogP) is 1.72. The molecule has 0 spiro atoms. The highest BCUT2D eigenvalue weighted by Crippen LogP contribution is 2.26. The minimum Gasteiger partial charge on any atom is -0.478 e. The minimum atomic E-state index is -0.992. The van der Waals surface area contributed by atoms with Crippen molar-refractivity contribution in [1.29, 1.82) is 0 Å². The Morgan fingerprint density at radius 3 is 3.06 bits per heavy atom. The fourth-order valence-corrected chi connectivity index (χ4v) is 2.39. The molecule has 0 saturated heterocycles. The Bertz CT molecular complexity index is 655. The maximum atomic E-state index is 13.2. The average Bonchev–Trinajstić information content (AvgIpc) is 2.35. The van der Waals surface area contributed by atoms with Crippen LogP contribution in [0.15, 0.2) is 18.2 Å². The van der Waals surface area contributed by atoms with Gasteiger partial charge in [0.2, 0.25) is 0 Å². The van der Waals surface area contributed by atoms with E-state index in [-0.39, 0.29) is 5.56 Å². The fourth-order valence-electron chi connectivity index (χ4n) is 2.39. The smallest absolute Gasteiger partial charge is 0.336 e. The number of nitrogens with one attached hydrogen (secondary N) is 1. The van der Waals surface area contributed by atoms with Gasteiger partial charge in [0.1, 0.15) is 5.82 Å². The summed E-state index contributed by atoms with van der Waals surface area (Å²) in [6.45, 7) is 1.26. The molecule has 1 aromatic heterocycles.